The van der Waals surface area contributed by atoms with E-state index in [0.717, 1.165) is 54.0 Å². The average molecular weight is 651 g/mol. The van der Waals surface area contributed by atoms with Crippen LogP contribution in [0.3, 0.4) is 0 Å². The molecule has 0 radical (unpaired) electrons. The lowest BCUT2D eigenvalue weighted by Gasteiger charge is -2.27. The van der Waals surface area contributed by atoms with Crippen molar-refractivity contribution in [3.8, 4) is 11.1 Å². The van der Waals surface area contributed by atoms with E-state index in [0.29, 0.717) is 42.6 Å². The Bertz CT molecular complexity index is 1720. The number of amides is 1. The number of alkyl halides is 3. The normalized spacial score (nSPS) is 12.8. The lowest BCUT2D eigenvalue weighted by Crippen LogP contribution is -2.39. The molecule has 11 heteroatoms. The van der Waals surface area contributed by atoms with Gasteiger partial charge >= 0.3 is 6.18 Å². The molecule has 1 aromatic heterocycles. The number of carbonyl (C=O) groups is 1. The second-order valence-corrected chi connectivity index (χ2v) is 11.6. The zero-order valence-corrected chi connectivity index (χ0v) is 26.5. The maximum absolute atomic E-state index is 14.0. The number of hydrogen-bond acceptors (Lipinski definition) is 5. The molecule has 5 rings (SSSR count). The smallest absolute Gasteiger partial charge is 0.323 e. The summed E-state index contributed by atoms with van der Waals surface area (Å²) in [5, 5.41) is 1.33. The molecule has 0 aliphatic heterocycles. The van der Waals surface area contributed by atoms with E-state index >= 15 is 0 Å². The van der Waals surface area contributed by atoms with Gasteiger partial charge in [0.1, 0.15) is 24.9 Å². The zero-order chi connectivity index (χ0) is 33.6. The van der Waals surface area contributed by atoms with Gasteiger partial charge < -0.3 is 4.57 Å². The number of hydrogen-bond donors (Lipinski definition) is 0. The second kappa shape index (κ2) is 15.0. The van der Waals surface area contributed by atoms with Crippen molar-refractivity contribution in [2.45, 2.75) is 65.2 Å². The summed E-state index contributed by atoms with van der Waals surface area (Å²) in [5.41, 5.74) is 3.52. The van der Waals surface area contributed by atoms with Crippen molar-refractivity contribution >= 4 is 5.91 Å². The first-order chi connectivity index (χ1) is 22.5. The molecule has 248 valence electrons. The molecule has 47 heavy (non-hydrogen) atoms. The number of carbonyl (C=O) groups excluding carboxylic acids is 1. The third kappa shape index (κ3) is 8.52. The van der Waals surface area contributed by atoms with Crippen molar-refractivity contribution in [1.29, 1.82) is 0 Å². The van der Waals surface area contributed by atoms with Crippen LogP contribution in [-0.4, -0.2) is 45.2 Å². The second-order valence-electron chi connectivity index (χ2n) is 11.6. The minimum atomic E-state index is -4.40. The van der Waals surface area contributed by atoms with Gasteiger partial charge in [-0.1, -0.05) is 62.4 Å². The summed E-state index contributed by atoms with van der Waals surface area (Å²) in [6.07, 6.45) is -1.41. The molecular formula is C36H38F4N4O3. The fourth-order valence-corrected chi connectivity index (χ4v) is 5.74. The van der Waals surface area contributed by atoms with Gasteiger partial charge in [0.2, 0.25) is 0 Å². The van der Waals surface area contributed by atoms with Crippen molar-refractivity contribution in [2.24, 2.45) is 0 Å². The van der Waals surface area contributed by atoms with Crippen LogP contribution in [0.25, 0.3) is 11.1 Å². The predicted octanol–water partition coefficient (Wildman–Crippen LogP) is 6.60. The molecule has 1 aliphatic rings. The molecule has 0 unspecified atom stereocenters. The molecule has 0 atom stereocenters. The lowest BCUT2D eigenvalue weighted by molar-refractivity contribution is -0.207. The minimum Gasteiger partial charge on any atom is -0.323 e. The van der Waals surface area contributed by atoms with Crippen LogP contribution >= 0.6 is 0 Å². The Kier molecular flexibility index (Phi) is 10.9. The largest absolute Gasteiger partial charge is 0.416 e. The molecule has 0 saturated heterocycles. The molecule has 0 fully saturated rings. The number of aromatic nitrogens is 2. The van der Waals surface area contributed by atoms with Crippen molar-refractivity contribution in [3.63, 3.8) is 0 Å². The Morgan fingerprint density at radius 2 is 1.49 bits per heavy atom. The van der Waals surface area contributed by atoms with Gasteiger partial charge in [0.05, 0.1) is 12.1 Å². The molecule has 0 saturated carbocycles. The highest BCUT2D eigenvalue weighted by atomic mass is 19.4. The molecule has 4 aromatic rings. The predicted molar refractivity (Wildman–Crippen MR) is 171 cm³/mol. The molecule has 7 nitrogen and oxygen atoms in total. The fraction of sp³-hybridized carbons (Fsp3) is 0.361. The minimum absolute atomic E-state index is 0.0732. The van der Waals surface area contributed by atoms with Gasteiger partial charge in [0.15, 0.2) is 0 Å². The maximum Gasteiger partial charge on any atom is 0.416 e. The third-order valence-electron chi connectivity index (χ3n) is 8.55. The van der Waals surface area contributed by atoms with E-state index in [1.807, 2.05) is 35.4 Å². The van der Waals surface area contributed by atoms with Crippen LogP contribution in [0.5, 0.6) is 0 Å². The zero-order valence-electron chi connectivity index (χ0n) is 26.5. The van der Waals surface area contributed by atoms with Gasteiger partial charge in [-0.15, -0.1) is 0 Å². The Hall–Kier alpha value is -4.35. The van der Waals surface area contributed by atoms with E-state index < -0.39 is 11.7 Å². The van der Waals surface area contributed by atoms with Crippen LogP contribution < -0.4 is 5.56 Å². The van der Waals surface area contributed by atoms with Crippen molar-refractivity contribution in [3.05, 3.63) is 123 Å². The van der Waals surface area contributed by atoms with Crippen molar-refractivity contribution in [2.75, 3.05) is 19.8 Å². The van der Waals surface area contributed by atoms with Crippen LogP contribution in [0.2, 0.25) is 0 Å². The number of rotatable bonds is 13. The number of nitrogens with zero attached hydrogens (tertiary/aromatic N) is 4. The van der Waals surface area contributed by atoms with Gasteiger partial charge in [-0.2, -0.15) is 18.2 Å². The van der Waals surface area contributed by atoms with Crippen LogP contribution in [-0.2, 0) is 54.6 Å². The van der Waals surface area contributed by atoms with Crippen molar-refractivity contribution < 1.29 is 27.2 Å². The van der Waals surface area contributed by atoms with Crippen molar-refractivity contribution in [1.82, 2.24) is 19.5 Å². The monoisotopic (exact) mass is 650 g/mol. The first-order valence-corrected chi connectivity index (χ1v) is 15.8. The topological polar surface area (TPSA) is 67.7 Å². The van der Waals surface area contributed by atoms with Gasteiger partial charge in [-0.3, -0.25) is 19.3 Å². The Morgan fingerprint density at radius 3 is 2.11 bits per heavy atom. The summed E-state index contributed by atoms with van der Waals surface area (Å²) in [6.45, 7) is 5.71. The highest BCUT2D eigenvalue weighted by Crippen LogP contribution is 2.31. The van der Waals surface area contributed by atoms with Gasteiger partial charge in [-0.05, 0) is 85.3 Å². The summed E-state index contributed by atoms with van der Waals surface area (Å²) < 4.78 is 54.3. The Labute approximate surface area is 271 Å². The molecule has 0 N–H and O–H groups in total. The number of benzene rings is 3. The molecule has 1 heterocycles. The van der Waals surface area contributed by atoms with Gasteiger partial charge in [-0.25, -0.2) is 9.45 Å². The molecule has 3 aromatic carbocycles. The Morgan fingerprint density at radius 1 is 0.872 bits per heavy atom. The average Bonchev–Trinajstić information content (AvgIpc) is 3.57. The van der Waals surface area contributed by atoms with Crippen LogP contribution in [0.15, 0.2) is 77.6 Å². The summed E-state index contributed by atoms with van der Waals surface area (Å²) in [4.78, 5) is 39.4. The Balaban J connectivity index is 1.37. The van der Waals surface area contributed by atoms with E-state index in [9.17, 15) is 27.2 Å². The third-order valence-corrected chi connectivity index (χ3v) is 8.55. The van der Waals surface area contributed by atoms with Gasteiger partial charge in [0.25, 0.3) is 11.5 Å². The molecular weight excluding hydrogens is 612 g/mol. The number of halogens is 4. The SMILES string of the molecule is CCN(CC)CON(Cc1ccc(-c2ccc(C(F)(F)F)cc2)cc1)C(=O)Cn1c(CCc2ccc(F)cc2)nc(=O)c2c1CCC2. The summed E-state index contributed by atoms with van der Waals surface area (Å²) in [6, 6.07) is 18.4. The summed E-state index contributed by atoms with van der Waals surface area (Å²) >= 11 is 0. The summed E-state index contributed by atoms with van der Waals surface area (Å²) in [7, 11) is 0. The van der Waals surface area contributed by atoms with E-state index in [2.05, 4.69) is 4.98 Å². The number of hydroxylamine groups is 2. The molecule has 1 aliphatic carbocycles. The lowest BCUT2D eigenvalue weighted by atomic mass is 10.0. The van der Waals surface area contributed by atoms with E-state index in [-0.39, 0.29) is 37.1 Å². The number of aryl methyl sites for hydroxylation is 2. The fourth-order valence-electron chi connectivity index (χ4n) is 5.74. The van der Waals surface area contributed by atoms with Crippen LogP contribution in [0, 0.1) is 5.82 Å². The molecule has 0 bridgehead atoms. The van der Waals surface area contributed by atoms with E-state index in [1.165, 1.54) is 29.3 Å². The quantitative estimate of drug-likeness (QED) is 0.0927. The molecule has 0 spiro atoms. The first kappa shape index (κ1) is 34.0. The number of fused-ring (bicyclic) bond motifs is 1. The standard InChI is InChI=1S/C36H38F4N4O3/c1-3-42(4-2)24-47-44(22-26-8-13-27(14-9-26)28-15-17-29(18-16-28)36(38,39)40)34(45)23-43-32-7-5-6-31(32)35(46)41-33(43)21-12-25-10-19-30(37)20-11-25/h8-11,13-20H,3-7,12,21-24H2,1-2H3. The highest BCUT2D eigenvalue weighted by molar-refractivity contribution is 5.75. The van der Waals surface area contributed by atoms with Crippen LogP contribution in [0.1, 0.15) is 54.0 Å². The maximum atomic E-state index is 14.0. The first-order valence-electron chi connectivity index (χ1n) is 15.8. The van der Waals surface area contributed by atoms with E-state index in [4.69, 9.17) is 4.84 Å². The molecule has 1 amide bonds. The highest BCUT2D eigenvalue weighted by Gasteiger charge is 2.30. The van der Waals surface area contributed by atoms with Gasteiger partial charge in [0, 0.05) is 17.7 Å². The summed E-state index contributed by atoms with van der Waals surface area (Å²) in [5.74, 6) is -0.143. The van der Waals surface area contributed by atoms with E-state index in [1.54, 1.807) is 24.3 Å². The van der Waals surface area contributed by atoms with Crippen LogP contribution in [0.4, 0.5) is 17.6 Å².